The number of benzene rings is 1. The second-order valence-electron chi connectivity index (χ2n) is 9.45. The summed E-state index contributed by atoms with van der Waals surface area (Å²) in [6.45, 7) is 8.20. The summed E-state index contributed by atoms with van der Waals surface area (Å²) < 4.78 is 18.4. The van der Waals surface area contributed by atoms with Crippen LogP contribution in [0.2, 0.25) is 0 Å². The van der Waals surface area contributed by atoms with Gasteiger partial charge in [0.2, 0.25) is 0 Å². The monoisotopic (exact) mass is 408 g/mol. The van der Waals surface area contributed by atoms with Gasteiger partial charge in [-0.3, -0.25) is 4.79 Å². The van der Waals surface area contributed by atoms with Crippen molar-refractivity contribution in [1.82, 2.24) is 9.88 Å². The predicted molar refractivity (Wildman–Crippen MR) is 112 cm³/mol. The topological polar surface area (TPSA) is 60.9 Å². The highest BCUT2D eigenvalue weighted by molar-refractivity contribution is 5.93. The highest BCUT2D eigenvalue weighted by Crippen LogP contribution is 2.56. The number of para-hydroxylation sites is 1. The zero-order chi connectivity index (χ0) is 21.1. The second-order valence-corrected chi connectivity index (χ2v) is 9.45. The predicted octanol–water partition coefficient (Wildman–Crippen LogP) is 3.79. The van der Waals surface area contributed by atoms with Crippen molar-refractivity contribution in [2.24, 2.45) is 11.3 Å². The number of carbonyl (C=O) groups excluding carboxylic acids is 1. The molecule has 3 aliphatic rings. The molecular formula is C24H28N2O4. The van der Waals surface area contributed by atoms with Crippen LogP contribution in [-0.4, -0.2) is 48.2 Å². The molecule has 2 fully saturated rings. The molecule has 0 unspecified atom stereocenters. The highest BCUT2D eigenvalue weighted by atomic mass is 16.5. The molecule has 1 aromatic carbocycles. The van der Waals surface area contributed by atoms with Gasteiger partial charge in [0.15, 0.2) is 11.5 Å². The number of ether oxygens (including phenoxy) is 3. The maximum Gasteiger partial charge on any atom is 0.272 e. The molecule has 4 heterocycles. The van der Waals surface area contributed by atoms with Gasteiger partial charge in [0.1, 0.15) is 11.3 Å². The number of hydrogen-bond donors (Lipinski definition) is 0. The summed E-state index contributed by atoms with van der Waals surface area (Å²) in [4.78, 5) is 19.1. The first-order valence-corrected chi connectivity index (χ1v) is 10.5. The maximum atomic E-state index is 12.8. The molecular weight excluding hydrogens is 380 g/mol. The lowest BCUT2D eigenvalue weighted by atomic mass is 9.64. The molecule has 1 aromatic heterocycles. The molecule has 6 nitrogen and oxygen atoms in total. The fourth-order valence-corrected chi connectivity index (χ4v) is 5.25. The van der Waals surface area contributed by atoms with E-state index in [0.717, 1.165) is 29.2 Å². The largest absolute Gasteiger partial charge is 0.493 e. The third-order valence-corrected chi connectivity index (χ3v) is 6.83. The summed E-state index contributed by atoms with van der Waals surface area (Å²) in [5.41, 5.74) is 2.03. The van der Waals surface area contributed by atoms with E-state index in [1.165, 1.54) is 0 Å². The number of fused-ring (bicyclic) bond motifs is 3. The smallest absolute Gasteiger partial charge is 0.272 e. The van der Waals surface area contributed by atoms with Gasteiger partial charge in [0, 0.05) is 35.7 Å². The van der Waals surface area contributed by atoms with Crippen molar-refractivity contribution in [3.63, 3.8) is 0 Å². The molecule has 0 bridgehead atoms. The second kappa shape index (κ2) is 6.71. The van der Waals surface area contributed by atoms with E-state index in [1.807, 2.05) is 36.1 Å². The number of methoxy groups -OCH3 is 1. The minimum atomic E-state index is -0.387. The Labute approximate surface area is 177 Å². The quantitative estimate of drug-likeness (QED) is 0.757. The van der Waals surface area contributed by atoms with Crippen LogP contribution >= 0.6 is 0 Å². The van der Waals surface area contributed by atoms with E-state index in [9.17, 15) is 4.79 Å². The van der Waals surface area contributed by atoms with Gasteiger partial charge in [-0.25, -0.2) is 4.98 Å². The van der Waals surface area contributed by atoms with Gasteiger partial charge in [-0.05, 0) is 45.4 Å². The molecule has 3 aliphatic heterocycles. The molecule has 2 atom stereocenters. The Morgan fingerprint density at radius 1 is 1.20 bits per heavy atom. The van der Waals surface area contributed by atoms with E-state index >= 15 is 0 Å². The number of likely N-dealkylation sites (tertiary alicyclic amines) is 1. The van der Waals surface area contributed by atoms with Crippen molar-refractivity contribution in [2.45, 2.75) is 38.9 Å². The van der Waals surface area contributed by atoms with Crippen LogP contribution in [0.1, 0.15) is 48.1 Å². The Kier molecular flexibility index (Phi) is 4.33. The minimum Gasteiger partial charge on any atom is -0.493 e. The maximum absolute atomic E-state index is 12.8. The Hall–Kier alpha value is -2.60. The third-order valence-electron chi connectivity index (χ3n) is 6.83. The fraction of sp³-hybridized carbons (Fsp3) is 0.500. The minimum absolute atomic E-state index is 0.000634. The van der Waals surface area contributed by atoms with Crippen LogP contribution in [-0.2, 0) is 4.74 Å². The SMILES string of the molecule is COc1cccc2c1OC(C)(C)[C@H]1CC3(CO[C@H]21)CN(C(=O)c1cccc(C)n1)C3. The van der Waals surface area contributed by atoms with E-state index in [0.29, 0.717) is 25.4 Å². The lowest BCUT2D eigenvalue weighted by Crippen LogP contribution is -2.65. The van der Waals surface area contributed by atoms with Gasteiger partial charge in [-0.1, -0.05) is 18.2 Å². The molecule has 0 saturated carbocycles. The van der Waals surface area contributed by atoms with Crippen LogP contribution < -0.4 is 9.47 Å². The Balaban J connectivity index is 1.35. The third kappa shape index (κ3) is 2.97. The molecule has 158 valence electrons. The first-order valence-electron chi connectivity index (χ1n) is 10.5. The summed E-state index contributed by atoms with van der Waals surface area (Å²) >= 11 is 0. The summed E-state index contributed by atoms with van der Waals surface area (Å²) in [5, 5.41) is 0. The Morgan fingerprint density at radius 2 is 1.97 bits per heavy atom. The first-order chi connectivity index (χ1) is 14.3. The Bertz CT molecular complexity index is 996. The number of hydrogen-bond acceptors (Lipinski definition) is 5. The van der Waals surface area contributed by atoms with Crippen LogP contribution in [0, 0.1) is 18.3 Å². The van der Waals surface area contributed by atoms with Crippen molar-refractivity contribution in [3.8, 4) is 11.5 Å². The zero-order valence-corrected chi connectivity index (χ0v) is 18.0. The first kappa shape index (κ1) is 19.4. The average molecular weight is 408 g/mol. The van der Waals surface area contributed by atoms with Crippen molar-refractivity contribution in [1.29, 1.82) is 0 Å². The van der Waals surface area contributed by atoms with Gasteiger partial charge in [0.05, 0.1) is 19.8 Å². The van der Waals surface area contributed by atoms with Crippen molar-refractivity contribution < 1.29 is 19.0 Å². The van der Waals surface area contributed by atoms with Gasteiger partial charge in [0.25, 0.3) is 5.91 Å². The molecule has 2 aromatic rings. The summed E-state index contributed by atoms with van der Waals surface area (Å²) in [7, 11) is 1.66. The van der Waals surface area contributed by atoms with Gasteiger partial charge in [-0.15, -0.1) is 0 Å². The normalized spacial score (nSPS) is 25.5. The van der Waals surface area contributed by atoms with Crippen LogP contribution in [0.5, 0.6) is 11.5 Å². The average Bonchev–Trinajstić information content (AvgIpc) is 2.70. The van der Waals surface area contributed by atoms with Crippen molar-refractivity contribution >= 4 is 5.91 Å². The van der Waals surface area contributed by atoms with Crippen LogP contribution in [0.3, 0.4) is 0 Å². The van der Waals surface area contributed by atoms with Gasteiger partial charge >= 0.3 is 0 Å². The van der Waals surface area contributed by atoms with E-state index < -0.39 is 0 Å². The number of aromatic nitrogens is 1. The number of pyridine rings is 1. The fourth-order valence-electron chi connectivity index (χ4n) is 5.25. The lowest BCUT2D eigenvalue weighted by Gasteiger charge is -2.58. The Morgan fingerprint density at radius 3 is 2.70 bits per heavy atom. The van der Waals surface area contributed by atoms with E-state index in [-0.39, 0.29) is 28.9 Å². The van der Waals surface area contributed by atoms with Crippen LogP contribution in [0.15, 0.2) is 36.4 Å². The summed E-state index contributed by atoms with van der Waals surface area (Å²) in [6, 6.07) is 11.6. The molecule has 1 spiro atoms. The van der Waals surface area contributed by atoms with Crippen LogP contribution in [0.25, 0.3) is 0 Å². The highest BCUT2D eigenvalue weighted by Gasteiger charge is 2.57. The van der Waals surface area contributed by atoms with E-state index in [1.54, 1.807) is 13.2 Å². The summed E-state index contributed by atoms with van der Waals surface area (Å²) in [6.07, 6.45) is 0.944. The van der Waals surface area contributed by atoms with Gasteiger partial charge < -0.3 is 19.1 Å². The lowest BCUT2D eigenvalue weighted by molar-refractivity contribution is -0.192. The molecule has 2 saturated heterocycles. The van der Waals surface area contributed by atoms with Gasteiger partial charge in [-0.2, -0.15) is 0 Å². The molecule has 0 N–H and O–H groups in total. The molecule has 5 rings (SSSR count). The molecule has 6 heteroatoms. The van der Waals surface area contributed by atoms with Crippen LogP contribution in [0.4, 0.5) is 0 Å². The van der Waals surface area contributed by atoms with E-state index in [2.05, 4.69) is 24.9 Å². The molecule has 0 radical (unpaired) electrons. The number of aryl methyl sites for hydroxylation is 1. The van der Waals surface area contributed by atoms with E-state index in [4.69, 9.17) is 14.2 Å². The number of amides is 1. The molecule has 30 heavy (non-hydrogen) atoms. The molecule has 1 amide bonds. The van der Waals surface area contributed by atoms with Crippen molar-refractivity contribution in [3.05, 3.63) is 53.3 Å². The summed E-state index contributed by atoms with van der Waals surface area (Å²) in [5.74, 6) is 1.74. The number of nitrogens with zero attached hydrogens (tertiary/aromatic N) is 2. The number of carbonyl (C=O) groups is 1. The van der Waals surface area contributed by atoms with Crippen molar-refractivity contribution in [2.75, 3.05) is 26.8 Å². The molecule has 0 aliphatic carbocycles. The standard InChI is InChI=1S/C24H28N2O4/c1-15-7-5-9-18(25-15)22(27)26-12-24(13-26)11-17-20(29-14-24)16-8-6-10-19(28-4)21(16)30-23(17,2)3/h5-10,17,20H,11-14H2,1-4H3/t17-,20+/m0/s1. The zero-order valence-electron chi connectivity index (χ0n) is 18.0. The number of rotatable bonds is 2.